The first-order chi connectivity index (χ1) is 21.2. The number of alkyl carbamates (subject to hydrolysis) is 1. The fraction of sp³-hybridized carbons (Fsp3) is 0.267. The van der Waals surface area contributed by atoms with Gasteiger partial charge < -0.3 is 41.5 Å². The van der Waals surface area contributed by atoms with Crippen LogP contribution in [0.15, 0.2) is 78.9 Å². The zero-order valence-electron chi connectivity index (χ0n) is 24.5. The monoisotopic (exact) mass is 641 g/mol. The van der Waals surface area contributed by atoms with Crippen LogP contribution in [0.1, 0.15) is 36.6 Å². The number of hydrogen-bond donors (Lipinski definition) is 8. The fourth-order valence-corrected chi connectivity index (χ4v) is 5.94. The maximum absolute atomic E-state index is 13.6. The zero-order chi connectivity index (χ0) is 33.1. The first kappa shape index (κ1) is 34.6. The zero-order valence-corrected chi connectivity index (χ0v) is 25.4. The van der Waals surface area contributed by atoms with Gasteiger partial charge in [-0.15, -0.1) is 0 Å². The van der Waals surface area contributed by atoms with Crippen molar-refractivity contribution in [1.82, 2.24) is 10.6 Å². The van der Waals surface area contributed by atoms with Crippen molar-refractivity contribution in [3.8, 4) is 5.75 Å². The second-order valence-corrected chi connectivity index (χ2v) is 12.3. The van der Waals surface area contributed by atoms with E-state index in [1.54, 1.807) is 42.5 Å². The van der Waals surface area contributed by atoms with Crippen LogP contribution in [0, 0.1) is 11.3 Å². The Morgan fingerprint density at radius 3 is 2.22 bits per heavy atom. The quantitative estimate of drug-likeness (QED) is 0.0718. The second-order valence-electron chi connectivity index (χ2n) is 10.4. The smallest absolute Gasteiger partial charge is 0.408 e. The average molecular weight is 642 g/mol. The van der Waals surface area contributed by atoms with E-state index < -0.39 is 55.4 Å². The van der Waals surface area contributed by atoms with E-state index in [2.05, 4.69) is 16.0 Å². The summed E-state index contributed by atoms with van der Waals surface area (Å²) in [6.07, 6.45) is -2.93. The summed E-state index contributed by atoms with van der Waals surface area (Å²) in [4.78, 5) is 49.4. The molecule has 0 heterocycles. The van der Waals surface area contributed by atoms with Crippen molar-refractivity contribution in [1.29, 1.82) is 5.41 Å². The van der Waals surface area contributed by atoms with Crippen molar-refractivity contribution in [2.75, 3.05) is 5.32 Å². The van der Waals surface area contributed by atoms with E-state index in [0.717, 1.165) is 0 Å². The number of carbonyl (C=O) groups is 3. The van der Waals surface area contributed by atoms with Crippen LogP contribution in [0.5, 0.6) is 5.75 Å². The molecule has 0 spiro atoms. The van der Waals surface area contributed by atoms with Gasteiger partial charge in [0.2, 0.25) is 5.91 Å². The molecule has 14 nitrogen and oxygen atoms in total. The van der Waals surface area contributed by atoms with Crippen molar-refractivity contribution in [2.45, 2.75) is 44.8 Å². The van der Waals surface area contributed by atoms with Crippen LogP contribution in [0.4, 0.5) is 10.5 Å². The number of nitrogens with one attached hydrogen (secondary N) is 4. The molecule has 15 heteroatoms. The number of carboxylic acid groups (broad SMARTS) is 1. The number of carboxylic acids is 1. The van der Waals surface area contributed by atoms with E-state index in [9.17, 15) is 34.1 Å². The number of benzene rings is 3. The highest BCUT2D eigenvalue weighted by Gasteiger charge is 2.42. The van der Waals surface area contributed by atoms with Crippen molar-refractivity contribution >= 4 is 37.2 Å². The second kappa shape index (κ2) is 15.7. The molecule has 3 aromatic carbocycles. The van der Waals surface area contributed by atoms with Crippen LogP contribution in [0.25, 0.3) is 0 Å². The van der Waals surface area contributed by atoms with Crippen LogP contribution in [0.2, 0.25) is 0 Å². The summed E-state index contributed by atoms with van der Waals surface area (Å²) in [5.41, 5.74) is 6.82. The summed E-state index contributed by atoms with van der Waals surface area (Å²) in [5.74, 6) is -5.18. The predicted molar refractivity (Wildman–Crippen MR) is 165 cm³/mol. The lowest BCUT2D eigenvalue weighted by molar-refractivity contribution is -0.145. The van der Waals surface area contributed by atoms with Crippen LogP contribution in [0.3, 0.4) is 0 Å². The number of guanidine groups is 1. The van der Waals surface area contributed by atoms with Crippen LogP contribution >= 0.6 is 7.60 Å². The lowest BCUT2D eigenvalue weighted by Gasteiger charge is -2.30. The molecule has 4 unspecified atom stereocenters. The van der Waals surface area contributed by atoms with Gasteiger partial charge in [-0.1, -0.05) is 68.4 Å². The third-order valence-corrected chi connectivity index (χ3v) is 8.36. The molecular weight excluding hydrogens is 605 g/mol. The number of aliphatic carboxylic acids is 1. The average Bonchev–Trinajstić information content (AvgIpc) is 2.98. The molecule has 2 amide bonds. The molecule has 9 N–H and O–H groups in total. The molecule has 3 rings (SSSR count). The van der Waals surface area contributed by atoms with Crippen LogP contribution in [-0.2, 0) is 36.4 Å². The fourth-order valence-electron chi connectivity index (χ4n) is 4.26. The minimum atomic E-state index is -4.92. The minimum Gasteiger partial charge on any atom is -0.508 e. The van der Waals surface area contributed by atoms with Gasteiger partial charge in [-0.3, -0.25) is 19.3 Å². The van der Waals surface area contributed by atoms with Gasteiger partial charge in [0.15, 0.2) is 12.1 Å². The van der Waals surface area contributed by atoms with Crippen molar-refractivity contribution in [3.63, 3.8) is 0 Å². The molecule has 45 heavy (non-hydrogen) atoms. The Kier molecular flexibility index (Phi) is 12.1. The Morgan fingerprint density at radius 1 is 0.956 bits per heavy atom. The van der Waals surface area contributed by atoms with E-state index >= 15 is 0 Å². The highest BCUT2D eigenvalue weighted by molar-refractivity contribution is 7.53. The van der Waals surface area contributed by atoms with E-state index in [0.29, 0.717) is 11.1 Å². The van der Waals surface area contributed by atoms with Gasteiger partial charge in [0.05, 0.1) is 0 Å². The van der Waals surface area contributed by atoms with Gasteiger partial charge >= 0.3 is 19.7 Å². The van der Waals surface area contributed by atoms with Gasteiger partial charge in [-0.25, -0.2) is 9.59 Å². The highest BCUT2D eigenvalue weighted by atomic mass is 31.2. The molecule has 0 aliphatic carbocycles. The van der Waals surface area contributed by atoms with Crippen LogP contribution < -0.4 is 21.7 Å². The summed E-state index contributed by atoms with van der Waals surface area (Å²) in [6.45, 7) is 2.98. The SMILES string of the molecule is CC(C)C(NC(=O)C(Cc1ccc(O)cc1)NC(=O)OCc1ccccc1)P(=O)(O)OC(C(=O)O)c1cccc(NC(=N)N)c1. The third-order valence-electron chi connectivity index (χ3n) is 6.42. The molecule has 0 aliphatic rings. The first-order valence-electron chi connectivity index (χ1n) is 13.8. The Morgan fingerprint density at radius 2 is 1.62 bits per heavy atom. The number of rotatable bonds is 14. The lowest BCUT2D eigenvalue weighted by atomic mass is 10.0. The number of aromatic hydroxyl groups is 1. The topological polar surface area (TPSA) is 233 Å². The maximum Gasteiger partial charge on any atom is 0.408 e. The molecule has 0 bridgehead atoms. The van der Waals surface area contributed by atoms with Crippen molar-refractivity contribution in [2.24, 2.45) is 11.7 Å². The summed E-state index contributed by atoms with van der Waals surface area (Å²) >= 11 is 0. The standard InChI is InChI=1S/C30H36N5O9P/c1-18(2)27(45(41,42)44-25(28(38)39)21-9-6-10-22(16-21)33-29(31)32)35-26(37)24(15-19-11-13-23(36)14-12-19)34-30(40)43-17-20-7-4-3-5-8-20/h3-14,16,18,24-25,27,36H,15,17H2,1-2H3,(H,34,40)(H,35,37)(H,38,39)(H,41,42)(H4,31,32,33). The summed E-state index contributed by atoms with van der Waals surface area (Å²) in [5, 5.41) is 34.3. The van der Waals surface area contributed by atoms with Gasteiger partial charge in [0, 0.05) is 12.1 Å². The lowest BCUT2D eigenvalue weighted by Crippen LogP contribution is -2.52. The molecule has 0 aromatic heterocycles. The Bertz CT molecular complexity index is 1540. The molecule has 0 saturated carbocycles. The summed E-state index contributed by atoms with van der Waals surface area (Å²) < 4.78 is 24.1. The highest BCUT2D eigenvalue weighted by Crippen LogP contribution is 2.53. The normalized spacial score (nSPS) is 14.3. The number of anilines is 1. The molecule has 4 atom stereocenters. The molecule has 240 valence electrons. The van der Waals surface area contributed by atoms with Crippen molar-refractivity contribution in [3.05, 3.63) is 95.6 Å². The molecule has 0 aliphatic heterocycles. The third kappa shape index (κ3) is 10.6. The largest absolute Gasteiger partial charge is 0.508 e. The molecule has 0 fully saturated rings. The van der Waals surface area contributed by atoms with E-state index in [-0.39, 0.29) is 30.0 Å². The maximum atomic E-state index is 13.6. The number of hydrogen-bond acceptors (Lipinski definition) is 8. The number of amides is 2. The molecule has 3 aromatic rings. The molecular formula is C30H36N5O9P. The Balaban J connectivity index is 1.82. The Labute approximate surface area is 259 Å². The van der Waals surface area contributed by atoms with E-state index in [1.807, 2.05) is 0 Å². The number of ether oxygens (including phenoxy) is 1. The molecule has 0 radical (unpaired) electrons. The van der Waals surface area contributed by atoms with Gasteiger partial charge in [-0.2, -0.15) is 0 Å². The number of phenols is 1. The van der Waals surface area contributed by atoms with Gasteiger partial charge in [-0.05, 0) is 46.9 Å². The summed E-state index contributed by atoms with van der Waals surface area (Å²) in [6, 6.07) is 19.0. The Hall–Kier alpha value is -4.91. The van der Waals surface area contributed by atoms with Crippen molar-refractivity contribution < 1.29 is 43.3 Å². The number of carbonyl (C=O) groups excluding carboxylic acids is 2. The first-order valence-corrected chi connectivity index (χ1v) is 15.4. The van der Waals surface area contributed by atoms with Gasteiger partial charge in [0.25, 0.3) is 0 Å². The summed E-state index contributed by atoms with van der Waals surface area (Å²) in [7, 11) is -4.92. The molecule has 0 saturated heterocycles. The van der Waals surface area contributed by atoms with E-state index in [4.69, 9.17) is 20.4 Å². The number of nitrogens with two attached hydrogens (primary N) is 1. The van der Waals surface area contributed by atoms with Gasteiger partial charge in [0.1, 0.15) is 24.2 Å². The number of phenolic OH excluding ortho intramolecular Hbond substituents is 1. The predicted octanol–water partition coefficient (Wildman–Crippen LogP) is 3.66. The minimum absolute atomic E-state index is 0.0104. The van der Waals surface area contributed by atoms with Crippen LogP contribution in [-0.4, -0.2) is 50.9 Å². The van der Waals surface area contributed by atoms with E-state index in [1.165, 1.54) is 50.2 Å².